The summed E-state index contributed by atoms with van der Waals surface area (Å²) >= 11 is 0. The fraction of sp³-hybridized carbons (Fsp3) is 0.474. The molecule has 1 aliphatic carbocycles. The predicted octanol–water partition coefficient (Wildman–Crippen LogP) is 2.93. The maximum Gasteiger partial charge on any atom is 0.305 e. The minimum Gasteiger partial charge on any atom is -0.481 e. The molecule has 2 aromatic rings. The first-order chi connectivity index (χ1) is 11.6. The normalized spacial score (nSPS) is 19.8. The van der Waals surface area contributed by atoms with Gasteiger partial charge in [-0.05, 0) is 55.4 Å². The lowest BCUT2D eigenvalue weighted by Crippen LogP contribution is -2.37. The van der Waals surface area contributed by atoms with Gasteiger partial charge in [0, 0.05) is 23.5 Å². The number of carboxylic acids is 1. The van der Waals surface area contributed by atoms with E-state index >= 15 is 0 Å². The van der Waals surface area contributed by atoms with Gasteiger partial charge in [0.2, 0.25) is 5.91 Å². The van der Waals surface area contributed by atoms with Gasteiger partial charge in [0.05, 0.1) is 19.1 Å². The molecule has 0 spiro atoms. The van der Waals surface area contributed by atoms with E-state index in [-0.39, 0.29) is 24.8 Å². The largest absolute Gasteiger partial charge is 0.481 e. The molecule has 5 heteroatoms. The number of carboxylic acid groups (broad SMARTS) is 1. The van der Waals surface area contributed by atoms with Gasteiger partial charge < -0.3 is 14.4 Å². The fourth-order valence-electron chi connectivity index (χ4n) is 4.13. The molecule has 1 saturated heterocycles. The maximum absolute atomic E-state index is 12.7. The van der Waals surface area contributed by atoms with E-state index in [0.717, 1.165) is 42.2 Å². The van der Waals surface area contributed by atoms with Crippen LogP contribution in [0.3, 0.4) is 0 Å². The average Bonchev–Trinajstić information content (AvgIpc) is 3.24. The van der Waals surface area contributed by atoms with Crippen molar-refractivity contribution in [1.29, 1.82) is 0 Å². The van der Waals surface area contributed by atoms with Crippen molar-refractivity contribution in [2.75, 3.05) is 6.54 Å². The van der Waals surface area contributed by atoms with Crippen LogP contribution in [0.15, 0.2) is 22.8 Å². The van der Waals surface area contributed by atoms with E-state index in [0.29, 0.717) is 6.54 Å². The Morgan fingerprint density at radius 2 is 2.00 bits per heavy atom. The molecule has 0 bridgehead atoms. The fourth-order valence-corrected chi connectivity index (χ4v) is 4.13. The molecule has 1 unspecified atom stereocenters. The first-order valence-corrected chi connectivity index (χ1v) is 8.65. The monoisotopic (exact) mass is 327 g/mol. The molecule has 1 aromatic carbocycles. The predicted molar refractivity (Wildman–Crippen MR) is 88.9 cm³/mol. The smallest absolute Gasteiger partial charge is 0.305 e. The van der Waals surface area contributed by atoms with Gasteiger partial charge in [0.15, 0.2) is 0 Å². The molecular formula is C19H21NO4. The lowest BCUT2D eigenvalue weighted by atomic mass is 10.0. The first-order valence-electron chi connectivity index (χ1n) is 8.65. The second-order valence-corrected chi connectivity index (χ2v) is 6.89. The first kappa shape index (κ1) is 15.2. The number of amides is 1. The number of hydrogen-bond acceptors (Lipinski definition) is 3. The van der Waals surface area contributed by atoms with Crippen molar-refractivity contribution in [2.24, 2.45) is 0 Å². The molecular weight excluding hydrogens is 306 g/mol. The van der Waals surface area contributed by atoms with Gasteiger partial charge in [-0.25, -0.2) is 0 Å². The quantitative estimate of drug-likeness (QED) is 0.937. The van der Waals surface area contributed by atoms with Crippen LogP contribution in [0.25, 0.3) is 11.0 Å². The van der Waals surface area contributed by atoms with Crippen LogP contribution in [0.4, 0.5) is 0 Å². The molecule has 1 fully saturated rings. The van der Waals surface area contributed by atoms with Gasteiger partial charge >= 0.3 is 5.97 Å². The van der Waals surface area contributed by atoms with Crippen molar-refractivity contribution in [3.8, 4) is 0 Å². The molecule has 1 N–H and O–H groups in total. The molecule has 1 amide bonds. The summed E-state index contributed by atoms with van der Waals surface area (Å²) in [5.74, 6) is -0.842. The maximum atomic E-state index is 12.7. The molecule has 1 atom stereocenters. The van der Waals surface area contributed by atoms with Crippen molar-refractivity contribution in [1.82, 2.24) is 4.90 Å². The second kappa shape index (κ2) is 5.96. The van der Waals surface area contributed by atoms with E-state index in [1.807, 2.05) is 0 Å². The number of hydrogen-bond donors (Lipinski definition) is 1. The van der Waals surface area contributed by atoms with E-state index in [4.69, 9.17) is 9.52 Å². The number of carbonyl (C=O) groups excluding carboxylic acids is 1. The zero-order valence-corrected chi connectivity index (χ0v) is 13.6. The van der Waals surface area contributed by atoms with E-state index in [2.05, 4.69) is 12.1 Å². The van der Waals surface area contributed by atoms with Crippen LogP contribution in [0.5, 0.6) is 0 Å². The lowest BCUT2D eigenvalue weighted by Gasteiger charge is -2.23. The SMILES string of the molecule is O=C(O)CC1CCCN1C(=O)Cc1coc2cc3c(cc12)CCC3. The number of carbonyl (C=O) groups is 2. The van der Waals surface area contributed by atoms with Crippen LogP contribution < -0.4 is 0 Å². The van der Waals surface area contributed by atoms with Crippen LogP contribution in [0.2, 0.25) is 0 Å². The summed E-state index contributed by atoms with van der Waals surface area (Å²) in [4.78, 5) is 25.4. The Labute approximate surface area is 140 Å². The standard InChI is InChI=1S/C19H21NO4/c21-18(20-6-2-5-15(20)10-19(22)23)9-14-11-24-17-8-13-4-1-3-12(13)7-16(14)17/h7-8,11,15H,1-6,9-10H2,(H,22,23). The Bertz CT molecular complexity index is 807. The zero-order valence-electron chi connectivity index (χ0n) is 13.6. The summed E-state index contributed by atoms with van der Waals surface area (Å²) in [6, 6.07) is 4.11. The van der Waals surface area contributed by atoms with E-state index < -0.39 is 5.97 Å². The molecule has 1 aliphatic heterocycles. The highest BCUT2D eigenvalue weighted by atomic mass is 16.4. The molecule has 4 rings (SSSR count). The van der Waals surface area contributed by atoms with Crippen molar-refractivity contribution in [2.45, 2.75) is 51.0 Å². The molecule has 1 aromatic heterocycles. The van der Waals surface area contributed by atoms with Crippen molar-refractivity contribution in [3.05, 3.63) is 35.1 Å². The van der Waals surface area contributed by atoms with Gasteiger partial charge in [0.25, 0.3) is 0 Å². The Hall–Kier alpha value is -2.30. The lowest BCUT2D eigenvalue weighted by molar-refractivity contribution is -0.139. The Morgan fingerprint density at radius 1 is 1.21 bits per heavy atom. The number of furan rings is 1. The average molecular weight is 327 g/mol. The van der Waals surface area contributed by atoms with Crippen molar-refractivity contribution in [3.63, 3.8) is 0 Å². The zero-order chi connectivity index (χ0) is 16.7. The summed E-state index contributed by atoms with van der Waals surface area (Å²) in [5, 5.41) is 10.0. The third-order valence-electron chi connectivity index (χ3n) is 5.32. The number of rotatable bonds is 4. The summed E-state index contributed by atoms with van der Waals surface area (Å²) in [6.45, 7) is 0.655. The van der Waals surface area contributed by atoms with Crippen LogP contribution in [-0.2, 0) is 28.9 Å². The number of aryl methyl sites for hydroxylation is 2. The van der Waals surface area contributed by atoms with E-state index in [9.17, 15) is 9.59 Å². The molecule has 2 aliphatic rings. The third kappa shape index (κ3) is 2.68. The van der Waals surface area contributed by atoms with Gasteiger partial charge in [0.1, 0.15) is 5.58 Å². The number of nitrogens with zero attached hydrogens (tertiary/aromatic N) is 1. The van der Waals surface area contributed by atoms with Crippen LogP contribution in [0, 0.1) is 0 Å². The highest BCUT2D eigenvalue weighted by Crippen LogP contribution is 2.31. The Balaban J connectivity index is 1.55. The minimum absolute atomic E-state index is 0.00180. The Morgan fingerprint density at radius 3 is 2.79 bits per heavy atom. The second-order valence-electron chi connectivity index (χ2n) is 6.89. The van der Waals surface area contributed by atoms with Gasteiger partial charge in [-0.3, -0.25) is 9.59 Å². The highest BCUT2D eigenvalue weighted by Gasteiger charge is 2.30. The molecule has 5 nitrogen and oxygen atoms in total. The van der Waals surface area contributed by atoms with Gasteiger partial charge in [-0.1, -0.05) is 0 Å². The Kier molecular flexibility index (Phi) is 3.79. The van der Waals surface area contributed by atoms with E-state index in [1.165, 1.54) is 17.5 Å². The highest BCUT2D eigenvalue weighted by molar-refractivity contribution is 5.89. The number of fused-ring (bicyclic) bond motifs is 2. The topological polar surface area (TPSA) is 70.8 Å². The molecule has 2 heterocycles. The van der Waals surface area contributed by atoms with E-state index in [1.54, 1.807) is 11.2 Å². The summed E-state index contributed by atoms with van der Waals surface area (Å²) < 4.78 is 5.66. The van der Waals surface area contributed by atoms with Crippen molar-refractivity contribution < 1.29 is 19.1 Å². The number of aliphatic carboxylic acids is 1. The molecule has 0 radical (unpaired) electrons. The summed E-state index contributed by atoms with van der Waals surface area (Å²) in [7, 11) is 0. The molecule has 0 saturated carbocycles. The van der Waals surface area contributed by atoms with Gasteiger partial charge in [-0.2, -0.15) is 0 Å². The number of benzene rings is 1. The van der Waals surface area contributed by atoms with Crippen molar-refractivity contribution >= 4 is 22.8 Å². The summed E-state index contributed by atoms with van der Waals surface area (Å²) in [5.41, 5.74) is 4.48. The van der Waals surface area contributed by atoms with Crippen LogP contribution in [-0.4, -0.2) is 34.5 Å². The van der Waals surface area contributed by atoms with Crippen LogP contribution >= 0.6 is 0 Å². The van der Waals surface area contributed by atoms with Gasteiger partial charge in [-0.15, -0.1) is 0 Å². The minimum atomic E-state index is -0.843. The molecule has 126 valence electrons. The molecule has 24 heavy (non-hydrogen) atoms. The van der Waals surface area contributed by atoms with Crippen LogP contribution in [0.1, 0.15) is 42.4 Å². The summed E-state index contributed by atoms with van der Waals surface area (Å²) in [6.07, 6.45) is 7.02. The third-order valence-corrected chi connectivity index (χ3v) is 5.32. The number of likely N-dealkylation sites (tertiary alicyclic amines) is 1.